The fourth-order valence-electron chi connectivity index (χ4n) is 2.63. The highest BCUT2D eigenvalue weighted by atomic mass is 32.1. The van der Waals surface area contributed by atoms with Crippen LogP contribution in [0.3, 0.4) is 0 Å². The van der Waals surface area contributed by atoms with E-state index in [-0.39, 0.29) is 17.5 Å². The van der Waals surface area contributed by atoms with Crippen molar-refractivity contribution in [2.45, 2.75) is 45.6 Å². The molecule has 0 radical (unpaired) electrons. The van der Waals surface area contributed by atoms with E-state index in [1.165, 1.54) is 0 Å². The summed E-state index contributed by atoms with van der Waals surface area (Å²) < 4.78 is 0. The molecule has 0 aromatic carbocycles. The van der Waals surface area contributed by atoms with E-state index in [9.17, 15) is 9.59 Å². The molecule has 23 heavy (non-hydrogen) atoms. The first kappa shape index (κ1) is 17.8. The Kier molecular flexibility index (Phi) is 6.04. The molecule has 0 aliphatic carbocycles. The number of thiophene rings is 1. The molecule has 5 nitrogen and oxygen atoms in total. The highest BCUT2D eigenvalue weighted by molar-refractivity contribution is 7.10. The van der Waals surface area contributed by atoms with Gasteiger partial charge in [0, 0.05) is 30.1 Å². The Morgan fingerprint density at radius 2 is 2.00 bits per heavy atom. The van der Waals surface area contributed by atoms with Crippen LogP contribution in [0.5, 0.6) is 0 Å². The average Bonchev–Trinajstić information content (AvgIpc) is 2.97. The molecule has 1 aliphatic heterocycles. The number of carbonyl (C=O) groups is 2. The normalized spacial score (nSPS) is 16.2. The summed E-state index contributed by atoms with van der Waals surface area (Å²) in [4.78, 5) is 27.0. The molecule has 3 amide bonds. The van der Waals surface area contributed by atoms with Crippen LogP contribution >= 0.6 is 11.3 Å². The second-order valence-electron chi connectivity index (χ2n) is 7.17. The van der Waals surface area contributed by atoms with Crippen molar-refractivity contribution in [1.82, 2.24) is 15.5 Å². The maximum atomic E-state index is 12.1. The zero-order valence-corrected chi connectivity index (χ0v) is 15.0. The lowest BCUT2D eigenvalue weighted by Gasteiger charge is -2.34. The number of piperidine rings is 1. The van der Waals surface area contributed by atoms with E-state index in [1.54, 1.807) is 11.3 Å². The van der Waals surface area contributed by atoms with Crippen LogP contribution in [-0.2, 0) is 11.2 Å². The van der Waals surface area contributed by atoms with Gasteiger partial charge in [0.25, 0.3) is 0 Å². The van der Waals surface area contributed by atoms with Crippen LogP contribution in [0.25, 0.3) is 0 Å². The molecular formula is C17H27N3O2S. The predicted molar refractivity (Wildman–Crippen MR) is 93.6 cm³/mol. The Bertz CT molecular complexity index is 514. The molecule has 0 unspecified atom stereocenters. The highest BCUT2D eigenvalue weighted by Gasteiger charge is 2.25. The molecule has 0 atom stereocenters. The summed E-state index contributed by atoms with van der Waals surface area (Å²) in [6.45, 7) is 8.18. The van der Waals surface area contributed by atoms with Crippen LogP contribution in [0.4, 0.5) is 4.79 Å². The lowest BCUT2D eigenvalue weighted by molar-refractivity contribution is -0.120. The number of hydrogen-bond acceptors (Lipinski definition) is 3. The minimum absolute atomic E-state index is 0.0117. The molecule has 1 fully saturated rings. The summed E-state index contributed by atoms with van der Waals surface area (Å²) >= 11 is 1.61. The van der Waals surface area contributed by atoms with Crippen LogP contribution in [-0.4, -0.2) is 42.0 Å². The summed E-state index contributed by atoms with van der Waals surface area (Å²) in [5, 5.41) is 8.01. The largest absolute Gasteiger partial charge is 0.356 e. The zero-order chi connectivity index (χ0) is 16.9. The first-order valence-corrected chi connectivity index (χ1v) is 9.07. The molecule has 2 rings (SSSR count). The Balaban J connectivity index is 1.66. The van der Waals surface area contributed by atoms with Crippen molar-refractivity contribution in [1.29, 1.82) is 0 Å². The van der Waals surface area contributed by atoms with Gasteiger partial charge in [-0.3, -0.25) is 4.79 Å². The predicted octanol–water partition coefficient (Wildman–Crippen LogP) is 2.63. The standard InChI is InChI=1S/C17H27N3O2S/c1-17(2,3)19-16(22)20-8-6-13(7-9-20)12-18-15(21)11-14-5-4-10-23-14/h4-5,10,13H,6-9,11-12H2,1-3H3,(H,18,21)(H,19,22). The molecule has 0 bridgehead atoms. The van der Waals surface area contributed by atoms with Gasteiger partial charge in [-0.1, -0.05) is 6.07 Å². The average molecular weight is 337 g/mol. The molecule has 1 aliphatic rings. The maximum Gasteiger partial charge on any atom is 0.317 e. The van der Waals surface area contributed by atoms with Crippen molar-refractivity contribution in [3.8, 4) is 0 Å². The van der Waals surface area contributed by atoms with Crippen LogP contribution in [0, 0.1) is 5.92 Å². The molecule has 6 heteroatoms. The Morgan fingerprint density at radius 1 is 1.30 bits per heavy atom. The van der Waals surface area contributed by atoms with E-state index in [1.807, 2.05) is 43.2 Å². The van der Waals surface area contributed by atoms with Gasteiger partial charge in [0.2, 0.25) is 5.91 Å². The van der Waals surface area contributed by atoms with Crippen molar-refractivity contribution in [3.63, 3.8) is 0 Å². The van der Waals surface area contributed by atoms with Gasteiger partial charge in [-0.15, -0.1) is 11.3 Å². The smallest absolute Gasteiger partial charge is 0.317 e. The van der Waals surface area contributed by atoms with Crippen LogP contribution in [0.15, 0.2) is 17.5 Å². The zero-order valence-electron chi connectivity index (χ0n) is 14.2. The summed E-state index contributed by atoms with van der Waals surface area (Å²) in [5.74, 6) is 0.543. The van der Waals surface area contributed by atoms with E-state index in [0.29, 0.717) is 18.9 Å². The minimum atomic E-state index is -0.205. The van der Waals surface area contributed by atoms with E-state index in [4.69, 9.17) is 0 Å². The Hall–Kier alpha value is -1.56. The third-order valence-electron chi connectivity index (χ3n) is 3.89. The van der Waals surface area contributed by atoms with Gasteiger partial charge in [0.05, 0.1) is 6.42 Å². The topological polar surface area (TPSA) is 61.4 Å². The number of amides is 3. The van der Waals surface area contributed by atoms with Gasteiger partial charge < -0.3 is 15.5 Å². The number of urea groups is 1. The van der Waals surface area contributed by atoms with E-state index in [0.717, 1.165) is 30.8 Å². The molecule has 0 saturated carbocycles. The quantitative estimate of drug-likeness (QED) is 0.887. The molecular weight excluding hydrogens is 310 g/mol. The highest BCUT2D eigenvalue weighted by Crippen LogP contribution is 2.17. The van der Waals surface area contributed by atoms with Crippen LogP contribution in [0.2, 0.25) is 0 Å². The monoisotopic (exact) mass is 337 g/mol. The number of rotatable bonds is 4. The molecule has 2 heterocycles. The molecule has 2 N–H and O–H groups in total. The van der Waals surface area contributed by atoms with Gasteiger partial charge in [0.15, 0.2) is 0 Å². The molecule has 0 spiro atoms. The van der Waals surface area contributed by atoms with Crippen molar-refractivity contribution < 1.29 is 9.59 Å². The van der Waals surface area contributed by atoms with Crippen LogP contribution < -0.4 is 10.6 Å². The third kappa shape index (κ3) is 6.22. The van der Waals surface area contributed by atoms with Crippen molar-refractivity contribution in [2.24, 2.45) is 5.92 Å². The maximum absolute atomic E-state index is 12.1. The van der Waals surface area contributed by atoms with Gasteiger partial charge in [-0.25, -0.2) is 4.79 Å². The third-order valence-corrected chi connectivity index (χ3v) is 4.76. The van der Waals surface area contributed by atoms with Crippen molar-refractivity contribution in [2.75, 3.05) is 19.6 Å². The summed E-state index contributed by atoms with van der Waals surface area (Å²) in [6.07, 6.45) is 2.35. The first-order valence-electron chi connectivity index (χ1n) is 8.19. The van der Waals surface area contributed by atoms with Gasteiger partial charge in [-0.05, 0) is 51.0 Å². The summed E-state index contributed by atoms with van der Waals surface area (Å²) in [7, 11) is 0. The number of nitrogens with zero attached hydrogens (tertiary/aromatic N) is 1. The number of likely N-dealkylation sites (tertiary alicyclic amines) is 1. The second-order valence-corrected chi connectivity index (χ2v) is 8.20. The fraction of sp³-hybridized carbons (Fsp3) is 0.647. The molecule has 128 valence electrons. The second kappa shape index (κ2) is 7.81. The Labute approximate surface area is 142 Å². The van der Waals surface area contributed by atoms with Gasteiger partial charge >= 0.3 is 6.03 Å². The molecule has 1 aromatic heterocycles. The molecule has 1 aromatic rings. The lowest BCUT2D eigenvalue weighted by Crippen LogP contribution is -2.51. The fourth-order valence-corrected chi connectivity index (χ4v) is 3.34. The summed E-state index contributed by atoms with van der Waals surface area (Å²) in [5.41, 5.74) is -0.205. The van der Waals surface area contributed by atoms with Gasteiger partial charge in [0.1, 0.15) is 0 Å². The number of nitrogens with one attached hydrogen (secondary N) is 2. The molecule has 1 saturated heterocycles. The van der Waals surface area contributed by atoms with Crippen molar-refractivity contribution >= 4 is 23.3 Å². The van der Waals surface area contributed by atoms with Crippen LogP contribution in [0.1, 0.15) is 38.5 Å². The van der Waals surface area contributed by atoms with Crippen molar-refractivity contribution in [3.05, 3.63) is 22.4 Å². The number of hydrogen-bond donors (Lipinski definition) is 2. The lowest BCUT2D eigenvalue weighted by atomic mass is 9.97. The van der Waals surface area contributed by atoms with Gasteiger partial charge in [-0.2, -0.15) is 0 Å². The minimum Gasteiger partial charge on any atom is -0.356 e. The van der Waals surface area contributed by atoms with E-state index < -0.39 is 0 Å². The SMILES string of the molecule is CC(C)(C)NC(=O)N1CCC(CNC(=O)Cc2cccs2)CC1. The Morgan fingerprint density at radius 3 is 2.57 bits per heavy atom. The first-order chi connectivity index (χ1) is 10.8. The number of carbonyl (C=O) groups excluding carboxylic acids is 2. The summed E-state index contributed by atoms with van der Waals surface area (Å²) in [6, 6.07) is 3.96. The van der Waals surface area contributed by atoms with E-state index in [2.05, 4.69) is 10.6 Å². The van der Waals surface area contributed by atoms with E-state index >= 15 is 0 Å².